The maximum Gasteiger partial charge on any atom is 0.285 e. The first-order valence-electron chi connectivity index (χ1n) is 14.6. The van der Waals surface area contributed by atoms with Gasteiger partial charge in [-0.25, -0.2) is 23.1 Å². The Kier molecular flexibility index (Phi) is 7.87. The van der Waals surface area contributed by atoms with E-state index in [0.717, 1.165) is 43.3 Å². The number of hydrogen-bond acceptors (Lipinski definition) is 9. The molecule has 12 nitrogen and oxygen atoms in total. The SMILES string of the molecule is Cc1cc([C@@H](C)Nc2ccc(Cl)nc2C(=O)NS(C)(=O)=O)c2nc(N3CCC(c4cc(C5CC5)n[nH]4)CC3)n(C)c(=O)c2c1. The summed E-state index contributed by atoms with van der Waals surface area (Å²) in [5.41, 5.74) is 4.52. The Hall–Kier alpha value is -3.97. The van der Waals surface area contributed by atoms with Gasteiger partial charge in [0, 0.05) is 43.2 Å². The molecule has 0 bridgehead atoms. The molecule has 1 saturated carbocycles. The Morgan fingerprint density at radius 3 is 2.50 bits per heavy atom. The molecule has 232 valence electrons. The van der Waals surface area contributed by atoms with E-state index in [0.29, 0.717) is 28.7 Å². The molecule has 1 atom stereocenters. The molecule has 1 aliphatic heterocycles. The Bertz CT molecular complexity index is 1930. The summed E-state index contributed by atoms with van der Waals surface area (Å²) in [6, 6.07) is 8.64. The van der Waals surface area contributed by atoms with E-state index in [4.69, 9.17) is 16.6 Å². The number of amides is 1. The predicted molar refractivity (Wildman–Crippen MR) is 170 cm³/mol. The average molecular weight is 639 g/mol. The topological polar surface area (TPSA) is 155 Å². The van der Waals surface area contributed by atoms with E-state index < -0.39 is 22.0 Å². The first kappa shape index (κ1) is 30.1. The van der Waals surface area contributed by atoms with Crippen LogP contribution < -0.4 is 20.5 Å². The number of hydrogen-bond donors (Lipinski definition) is 3. The van der Waals surface area contributed by atoms with Crippen LogP contribution in [-0.2, 0) is 17.1 Å². The molecule has 2 fully saturated rings. The van der Waals surface area contributed by atoms with Gasteiger partial charge in [-0.1, -0.05) is 17.7 Å². The Morgan fingerprint density at radius 2 is 1.82 bits per heavy atom. The van der Waals surface area contributed by atoms with Crippen LogP contribution in [0.15, 0.2) is 35.1 Å². The number of piperidine rings is 1. The second kappa shape index (κ2) is 11.5. The number of fused-ring (bicyclic) bond motifs is 1. The quantitative estimate of drug-likeness (QED) is 0.242. The fraction of sp³-hybridized carbons (Fsp3) is 0.433. The van der Waals surface area contributed by atoms with Crippen molar-refractivity contribution >= 4 is 50.1 Å². The molecule has 14 heteroatoms. The largest absolute Gasteiger partial charge is 0.377 e. The highest BCUT2D eigenvalue weighted by atomic mass is 35.5. The van der Waals surface area contributed by atoms with Crippen molar-refractivity contribution in [2.75, 3.05) is 29.6 Å². The minimum absolute atomic E-state index is 0.0392. The van der Waals surface area contributed by atoms with Crippen molar-refractivity contribution in [2.45, 2.75) is 57.4 Å². The standard InChI is InChI=1S/C30H35ClN8O4S/c1-16-13-20(17(2)32-22-7-8-25(31)33-27(22)28(40)37-44(4,42)43)26-21(14-16)29(41)38(3)30(34-26)39-11-9-19(10-12-39)24-15-23(35-36-24)18-5-6-18/h7-8,13-15,17-19,32H,5-6,9-12H2,1-4H3,(H,35,36)(H,37,40)/t17-/m1/s1. The van der Waals surface area contributed by atoms with Crippen LogP contribution in [-0.4, -0.2) is 58.4 Å². The molecule has 44 heavy (non-hydrogen) atoms. The molecule has 1 amide bonds. The number of sulfonamides is 1. The van der Waals surface area contributed by atoms with Crippen molar-refractivity contribution in [1.29, 1.82) is 0 Å². The lowest BCUT2D eigenvalue weighted by Gasteiger charge is -2.33. The molecular weight excluding hydrogens is 604 g/mol. The minimum Gasteiger partial charge on any atom is -0.377 e. The summed E-state index contributed by atoms with van der Waals surface area (Å²) >= 11 is 6.04. The number of nitrogens with one attached hydrogen (secondary N) is 3. The van der Waals surface area contributed by atoms with E-state index in [-0.39, 0.29) is 22.1 Å². The highest BCUT2D eigenvalue weighted by Gasteiger charge is 2.30. The number of carbonyl (C=O) groups is 1. The molecular formula is C30H35ClN8O4S. The summed E-state index contributed by atoms with van der Waals surface area (Å²) in [5, 5.41) is 11.6. The molecule has 4 aromatic rings. The highest BCUT2D eigenvalue weighted by Crippen LogP contribution is 2.40. The molecule has 3 N–H and O–H groups in total. The first-order chi connectivity index (χ1) is 20.9. The third-order valence-corrected chi connectivity index (χ3v) is 9.12. The molecule has 1 saturated heterocycles. The molecule has 0 spiro atoms. The lowest BCUT2D eigenvalue weighted by Crippen LogP contribution is -2.37. The summed E-state index contributed by atoms with van der Waals surface area (Å²) in [4.78, 5) is 37.7. The number of benzene rings is 1. The van der Waals surface area contributed by atoms with E-state index in [9.17, 15) is 18.0 Å². The van der Waals surface area contributed by atoms with Crippen LogP contribution in [0.2, 0.25) is 5.15 Å². The van der Waals surface area contributed by atoms with Crippen molar-refractivity contribution in [2.24, 2.45) is 7.05 Å². The number of aryl methyl sites for hydroxylation is 1. The maximum atomic E-state index is 13.7. The molecule has 2 aliphatic rings. The van der Waals surface area contributed by atoms with Gasteiger partial charge in [0.05, 0.1) is 34.6 Å². The number of aromatic nitrogens is 5. The number of aromatic amines is 1. The molecule has 1 aliphatic carbocycles. The average Bonchev–Trinajstić information content (AvgIpc) is 3.71. The molecule has 3 aromatic heterocycles. The summed E-state index contributed by atoms with van der Waals surface area (Å²) in [5.74, 6) is 0.685. The number of nitrogens with zero attached hydrogens (tertiary/aromatic N) is 5. The van der Waals surface area contributed by atoms with Gasteiger partial charge in [0.15, 0.2) is 5.69 Å². The lowest BCUT2D eigenvalue weighted by molar-refractivity contribution is 0.0977. The minimum atomic E-state index is -3.83. The van der Waals surface area contributed by atoms with E-state index >= 15 is 0 Å². The summed E-state index contributed by atoms with van der Waals surface area (Å²) in [7, 11) is -2.07. The van der Waals surface area contributed by atoms with Crippen LogP contribution >= 0.6 is 11.6 Å². The van der Waals surface area contributed by atoms with Crippen molar-refractivity contribution < 1.29 is 13.2 Å². The normalized spacial score (nSPS) is 16.7. The van der Waals surface area contributed by atoms with Crippen LogP contribution in [0, 0.1) is 6.92 Å². The van der Waals surface area contributed by atoms with Gasteiger partial charge < -0.3 is 10.2 Å². The van der Waals surface area contributed by atoms with Crippen molar-refractivity contribution in [3.05, 3.63) is 74.0 Å². The zero-order valence-corrected chi connectivity index (χ0v) is 26.6. The Labute approximate surface area is 260 Å². The first-order valence-corrected chi connectivity index (χ1v) is 16.9. The summed E-state index contributed by atoms with van der Waals surface area (Å²) < 4.78 is 27.0. The van der Waals surface area contributed by atoms with Crippen LogP contribution in [0.4, 0.5) is 11.6 Å². The highest BCUT2D eigenvalue weighted by molar-refractivity contribution is 7.89. The number of halogens is 1. The van der Waals surface area contributed by atoms with Crippen molar-refractivity contribution in [1.82, 2.24) is 29.5 Å². The van der Waals surface area contributed by atoms with Crippen molar-refractivity contribution in [3.63, 3.8) is 0 Å². The summed E-state index contributed by atoms with van der Waals surface area (Å²) in [6.45, 7) is 5.29. The maximum absolute atomic E-state index is 13.7. The fourth-order valence-corrected chi connectivity index (χ4v) is 6.53. The number of H-pyrrole nitrogens is 1. The van der Waals surface area contributed by atoms with Crippen LogP contribution in [0.25, 0.3) is 10.9 Å². The second-order valence-corrected chi connectivity index (χ2v) is 14.0. The molecule has 1 aromatic carbocycles. The van der Waals surface area contributed by atoms with Gasteiger partial charge in [0.2, 0.25) is 16.0 Å². The van der Waals surface area contributed by atoms with E-state index in [1.165, 1.54) is 30.3 Å². The molecule has 0 unspecified atom stereocenters. The van der Waals surface area contributed by atoms with Gasteiger partial charge in [0.25, 0.3) is 11.5 Å². The third-order valence-electron chi connectivity index (χ3n) is 8.35. The number of pyridine rings is 1. The number of rotatable bonds is 8. The molecule has 4 heterocycles. The van der Waals surface area contributed by atoms with Gasteiger partial charge in [-0.2, -0.15) is 5.10 Å². The van der Waals surface area contributed by atoms with E-state index in [1.54, 1.807) is 17.7 Å². The number of carbonyl (C=O) groups excluding carboxylic acids is 1. The predicted octanol–water partition coefficient (Wildman–Crippen LogP) is 4.14. The van der Waals surface area contributed by atoms with Gasteiger partial charge in [-0.05, 0) is 69.4 Å². The summed E-state index contributed by atoms with van der Waals surface area (Å²) in [6.07, 6.45) is 5.16. The van der Waals surface area contributed by atoms with E-state index in [1.807, 2.05) is 30.7 Å². The zero-order valence-electron chi connectivity index (χ0n) is 25.0. The third kappa shape index (κ3) is 6.16. The Balaban J connectivity index is 1.30. The monoisotopic (exact) mass is 638 g/mol. The van der Waals surface area contributed by atoms with Gasteiger partial charge >= 0.3 is 0 Å². The smallest absolute Gasteiger partial charge is 0.285 e. The van der Waals surface area contributed by atoms with Crippen LogP contribution in [0.3, 0.4) is 0 Å². The van der Waals surface area contributed by atoms with Gasteiger partial charge in [0.1, 0.15) is 5.15 Å². The zero-order chi connectivity index (χ0) is 31.3. The van der Waals surface area contributed by atoms with Crippen molar-refractivity contribution in [3.8, 4) is 0 Å². The van der Waals surface area contributed by atoms with Gasteiger partial charge in [-0.3, -0.25) is 19.3 Å². The van der Waals surface area contributed by atoms with Gasteiger partial charge in [-0.15, -0.1) is 0 Å². The lowest BCUT2D eigenvalue weighted by atomic mass is 9.93. The van der Waals surface area contributed by atoms with E-state index in [2.05, 4.69) is 31.5 Å². The molecule has 0 radical (unpaired) electrons. The fourth-order valence-electron chi connectivity index (χ4n) is 5.95. The second-order valence-electron chi connectivity index (χ2n) is 11.9. The van der Waals surface area contributed by atoms with Crippen LogP contribution in [0.5, 0.6) is 0 Å². The Morgan fingerprint density at radius 1 is 1.09 bits per heavy atom. The number of anilines is 2. The van der Waals surface area contributed by atoms with Crippen LogP contribution in [0.1, 0.15) is 83.5 Å². The molecule has 6 rings (SSSR count).